The van der Waals surface area contributed by atoms with E-state index >= 15 is 0 Å². The topological polar surface area (TPSA) is 33.1 Å². The Kier molecular flexibility index (Phi) is 4.57. The van der Waals surface area contributed by atoms with Crippen LogP contribution in [0.3, 0.4) is 0 Å². The average molecular weight is 236 g/mol. The summed E-state index contributed by atoms with van der Waals surface area (Å²) in [7, 11) is 1.98. The predicted molar refractivity (Wildman–Crippen MR) is 70.1 cm³/mol. The zero-order valence-electron chi connectivity index (χ0n) is 11.0. The molecule has 2 rings (SSSR count). The first-order valence-electron chi connectivity index (χ1n) is 6.72. The third kappa shape index (κ3) is 3.54. The fourth-order valence-electron chi connectivity index (χ4n) is 2.64. The summed E-state index contributed by atoms with van der Waals surface area (Å²) in [6.45, 7) is 6.94. The fraction of sp³-hybridized carbons (Fsp3) is 0.769. The van der Waals surface area contributed by atoms with Crippen LogP contribution in [0, 0.1) is 0 Å². The van der Waals surface area contributed by atoms with Gasteiger partial charge in [-0.25, -0.2) is 0 Å². The molecule has 96 valence electrons. The second kappa shape index (κ2) is 6.17. The summed E-state index contributed by atoms with van der Waals surface area (Å²) in [5.74, 6) is 0. The van der Waals surface area contributed by atoms with Crippen LogP contribution in [-0.2, 0) is 13.5 Å². The first-order chi connectivity index (χ1) is 8.29. The Balaban J connectivity index is 1.82. The molecule has 1 fully saturated rings. The summed E-state index contributed by atoms with van der Waals surface area (Å²) in [6.07, 6.45) is 7.81. The minimum absolute atomic E-state index is 0.776. The van der Waals surface area contributed by atoms with Crippen LogP contribution < -0.4 is 5.32 Å². The van der Waals surface area contributed by atoms with E-state index in [0.717, 1.165) is 25.6 Å². The van der Waals surface area contributed by atoms with Crippen LogP contribution in [0.15, 0.2) is 12.4 Å². The highest BCUT2D eigenvalue weighted by atomic mass is 15.2. The third-order valence-electron chi connectivity index (χ3n) is 3.68. The molecular weight excluding hydrogens is 212 g/mol. The van der Waals surface area contributed by atoms with Gasteiger partial charge in [0.1, 0.15) is 0 Å². The van der Waals surface area contributed by atoms with Gasteiger partial charge in [0.2, 0.25) is 0 Å². The van der Waals surface area contributed by atoms with E-state index in [1.807, 2.05) is 17.9 Å². The van der Waals surface area contributed by atoms with Crippen LogP contribution in [0.4, 0.5) is 0 Å². The van der Waals surface area contributed by atoms with E-state index in [-0.39, 0.29) is 0 Å². The lowest BCUT2D eigenvalue weighted by Gasteiger charge is -2.33. The summed E-state index contributed by atoms with van der Waals surface area (Å²) < 4.78 is 1.89. The van der Waals surface area contributed by atoms with E-state index < -0.39 is 0 Å². The predicted octanol–water partition coefficient (Wildman–Crippen LogP) is 1.04. The maximum atomic E-state index is 4.22. The zero-order valence-corrected chi connectivity index (χ0v) is 11.0. The van der Waals surface area contributed by atoms with Crippen LogP contribution in [-0.4, -0.2) is 46.9 Å². The van der Waals surface area contributed by atoms with Gasteiger partial charge in [-0.15, -0.1) is 0 Å². The van der Waals surface area contributed by atoms with Gasteiger partial charge >= 0.3 is 0 Å². The van der Waals surface area contributed by atoms with Crippen molar-refractivity contribution in [2.45, 2.75) is 32.2 Å². The van der Waals surface area contributed by atoms with Crippen LogP contribution in [0.2, 0.25) is 0 Å². The molecule has 1 aromatic rings. The van der Waals surface area contributed by atoms with E-state index in [9.17, 15) is 0 Å². The van der Waals surface area contributed by atoms with E-state index in [4.69, 9.17) is 0 Å². The van der Waals surface area contributed by atoms with Gasteiger partial charge in [0, 0.05) is 25.8 Å². The maximum Gasteiger partial charge on any atom is 0.0522 e. The molecule has 1 N–H and O–H groups in total. The van der Waals surface area contributed by atoms with Gasteiger partial charge in [0.05, 0.1) is 6.20 Å². The van der Waals surface area contributed by atoms with Crippen molar-refractivity contribution in [2.24, 2.45) is 7.05 Å². The van der Waals surface area contributed by atoms with Crippen molar-refractivity contribution in [3.63, 3.8) is 0 Å². The van der Waals surface area contributed by atoms with Crippen molar-refractivity contribution in [2.75, 3.05) is 26.2 Å². The lowest BCUT2D eigenvalue weighted by Crippen LogP contribution is -2.43. The Morgan fingerprint density at radius 1 is 1.47 bits per heavy atom. The molecule has 0 spiro atoms. The molecule has 1 aliphatic heterocycles. The van der Waals surface area contributed by atoms with Crippen molar-refractivity contribution >= 4 is 0 Å². The smallest absolute Gasteiger partial charge is 0.0522 e. The quantitative estimate of drug-likeness (QED) is 0.829. The summed E-state index contributed by atoms with van der Waals surface area (Å²) in [6, 6.07) is 0.776. The molecule has 0 radical (unpaired) electrons. The molecule has 1 saturated heterocycles. The number of piperidine rings is 1. The van der Waals surface area contributed by atoms with Crippen molar-refractivity contribution < 1.29 is 0 Å². The molecule has 17 heavy (non-hydrogen) atoms. The number of likely N-dealkylation sites (N-methyl/N-ethyl adjacent to an activating group) is 1. The molecule has 2 heterocycles. The third-order valence-corrected chi connectivity index (χ3v) is 3.68. The second-order valence-corrected chi connectivity index (χ2v) is 4.88. The first-order valence-corrected chi connectivity index (χ1v) is 6.72. The number of hydrogen-bond donors (Lipinski definition) is 1. The van der Waals surface area contributed by atoms with Gasteiger partial charge in [-0.05, 0) is 44.5 Å². The van der Waals surface area contributed by atoms with Gasteiger partial charge in [-0.1, -0.05) is 6.92 Å². The minimum Gasteiger partial charge on any atom is -0.317 e. The molecule has 0 saturated carbocycles. The molecule has 4 heteroatoms. The maximum absolute atomic E-state index is 4.22. The van der Waals surface area contributed by atoms with Crippen LogP contribution in [0.1, 0.15) is 25.3 Å². The highest BCUT2D eigenvalue weighted by molar-refractivity contribution is 5.04. The molecule has 1 aliphatic rings. The van der Waals surface area contributed by atoms with Gasteiger partial charge in [0.15, 0.2) is 0 Å². The molecule has 0 unspecified atom stereocenters. The molecule has 0 bridgehead atoms. The van der Waals surface area contributed by atoms with Gasteiger partial charge in [-0.2, -0.15) is 5.10 Å². The highest BCUT2D eigenvalue weighted by Crippen LogP contribution is 2.12. The Labute approximate surface area is 104 Å². The molecule has 4 nitrogen and oxygen atoms in total. The van der Waals surface area contributed by atoms with Crippen LogP contribution in [0.25, 0.3) is 0 Å². The van der Waals surface area contributed by atoms with Gasteiger partial charge in [0.25, 0.3) is 0 Å². The molecule has 0 aromatic carbocycles. The first kappa shape index (κ1) is 12.6. The standard InChI is InChI=1S/C13H24N4/c1-3-17(13-4-7-14-8-5-13)9-6-12-10-15-16(2)11-12/h10-11,13-14H,3-9H2,1-2H3. The van der Waals surface area contributed by atoms with Crippen LogP contribution >= 0.6 is 0 Å². The summed E-state index contributed by atoms with van der Waals surface area (Å²) >= 11 is 0. The SMILES string of the molecule is CCN(CCc1cnn(C)c1)C1CCNCC1. The number of rotatable bonds is 5. The van der Waals surface area contributed by atoms with E-state index in [1.165, 1.54) is 31.5 Å². The number of hydrogen-bond acceptors (Lipinski definition) is 3. The molecule has 1 aromatic heterocycles. The van der Waals surface area contributed by atoms with Crippen molar-refractivity contribution in [1.29, 1.82) is 0 Å². The monoisotopic (exact) mass is 236 g/mol. The summed E-state index contributed by atoms with van der Waals surface area (Å²) in [4.78, 5) is 2.62. The molecule has 0 atom stereocenters. The number of nitrogens with one attached hydrogen (secondary N) is 1. The Hall–Kier alpha value is -0.870. The Morgan fingerprint density at radius 3 is 2.82 bits per heavy atom. The number of nitrogens with zero attached hydrogens (tertiary/aromatic N) is 3. The average Bonchev–Trinajstić information content (AvgIpc) is 2.77. The largest absolute Gasteiger partial charge is 0.317 e. The minimum atomic E-state index is 0.776. The zero-order chi connectivity index (χ0) is 12.1. The number of aromatic nitrogens is 2. The van der Waals surface area contributed by atoms with Gasteiger partial charge in [-0.3, -0.25) is 4.68 Å². The Morgan fingerprint density at radius 2 is 2.24 bits per heavy atom. The Bertz CT molecular complexity index is 328. The summed E-state index contributed by atoms with van der Waals surface area (Å²) in [5, 5.41) is 7.65. The molecular formula is C13H24N4. The van der Waals surface area contributed by atoms with E-state index in [0.29, 0.717) is 0 Å². The fourth-order valence-corrected chi connectivity index (χ4v) is 2.64. The lowest BCUT2D eigenvalue weighted by molar-refractivity contribution is 0.172. The molecule has 0 amide bonds. The molecule has 0 aliphatic carbocycles. The van der Waals surface area contributed by atoms with Crippen molar-refractivity contribution in [1.82, 2.24) is 20.0 Å². The van der Waals surface area contributed by atoms with Gasteiger partial charge < -0.3 is 10.2 Å². The number of aryl methyl sites for hydroxylation is 1. The van der Waals surface area contributed by atoms with E-state index in [2.05, 4.69) is 28.4 Å². The van der Waals surface area contributed by atoms with Crippen molar-refractivity contribution in [3.8, 4) is 0 Å². The second-order valence-electron chi connectivity index (χ2n) is 4.88. The van der Waals surface area contributed by atoms with Crippen LogP contribution in [0.5, 0.6) is 0 Å². The normalized spacial score (nSPS) is 17.8. The van der Waals surface area contributed by atoms with E-state index in [1.54, 1.807) is 0 Å². The highest BCUT2D eigenvalue weighted by Gasteiger charge is 2.19. The lowest BCUT2D eigenvalue weighted by atomic mass is 10.0. The summed E-state index contributed by atoms with van der Waals surface area (Å²) in [5.41, 5.74) is 1.35. The van der Waals surface area contributed by atoms with Crippen molar-refractivity contribution in [3.05, 3.63) is 18.0 Å².